The predicted octanol–water partition coefficient (Wildman–Crippen LogP) is 3.94. The minimum absolute atomic E-state index is 0.0501. The molecule has 0 amide bonds. The highest BCUT2D eigenvalue weighted by atomic mass is 19.4. The summed E-state index contributed by atoms with van der Waals surface area (Å²) in [5.74, 6) is -0.482. The summed E-state index contributed by atoms with van der Waals surface area (Å²) in [5.41, 5.74) is 1.29. The van der Waals surface area contributed by atoms with Crippen LogP contribution >= 0.6 is 0 Å². The summed E-state index contributed by atoms with van der Waals surface area (Å²) in [7, 11) is 0. The second kappa shape index (κ2) is 5.67. The molecule has 0 radical (unpaired) electrons. The second-order valence-electron chi connectivity index (χ2n) is 4.15. The molecule has 2 aromatic carbocycles. The Hall–Kier alpha value is -2.81. The Bertz CT molecular complexity index is 718. The van der Waals surface area contributed by atoms with Gasteiger partial charge in [0.15, 0.2) is 0 Å². The SMILES string of the molecule is N#Cc1cccc(-c2cc(C=O)cc(OC(F)(F)F)c2)c1. The van der Waals surface area contributed by atoms with Crippen molar-refractivity contribution in [2.45, 2.75) is 6.36 Å². The molecule has 0 fully saturated rings. The van der Waals surface area contributed by atoms with Crippen molar-refractivity contribution in [3.05, 3.63) is 53.6 Å². The van der Waals surface area contributed by atoms with E-state index >= 15 is 0 Å². The van der Waals surface area contributed by atoms with Crippen LogP contribution in [0.2, 0.25) is 0 Å². The summed E-state index contributed by atoms with van der Waals surface area (Å²) in [5, 5.41) is 8.84. The number of rotatable bonds is 3. The molecule has 0 saturated carbocycles. The molecule has 0 aromatic heterocycles. The Kier molecular flexibility index (Phi) is 3.94. The maximum Gasteiger partial charge on any atom is 0.573 e. The average molecular weight is 291 g/mol. The first-order valence-electron chi connectivity index (χ1n) is 5.78. The Labute approximate surface area is 118 Å². The minimum atomic E-state index is -4.84. The molecule has 6 heteroatoms. The number of benzene rings is 2. The van der Waals surface area contributed by atoms with Crippen LogP contribution in [0.15, 0.2) is 42.5 Å². The number of alkyl halides is 3. The van der Waals surface area contributed by atoms with E-state index in [1.807, 2.05) is 6.07 Å². The number of hydrogen-bond acceptors (Lipinski definition) is 3. The lowest BCUT2D eigenvalue weighted by Crippen LogP contribution is -2.17. The van der Waals surface area contributed by atoms with Crippen molar-refractivity contribution < 1.29 is 22.7 Å². The molecular weight excluding hydrogens is 283 g/mol. The van der Waals surface area contributed by atoms with E-state index in [0.717, 1.165) is 12.1 Å². The fraction of sp³-hybridized carbons (Fsp3) is 0.0667. The molecule has 0 N–H and O–H groups in total. The first kappa shape index (κ1) is 14.6. The van der Waals surface area contributed by atoms with E-state index in [0.29, 0.717) is 23.0 Å². The number of aldehydes is 1. The highest BCUT2D eigenvalue weighted by Gasteiger charge is 2.31. The number of halogens is 3. The summed E-state index contributed by atoms with van der Waals surface area (Å²) in [6, 6.07) is 11.8. The van der Waals surface area contributed by atoms with Gasteiger partial charge in [0.2, 0.25) is 0 Å². The van der Waals surface area contributed by atoms with E-state index in [2.05, 4.69) is 4.74 Å². The van der Waals surface area contributed by atoms with Gasteiger partial charge in [-0.15, -0.1) is 13.2 Å². The van der Waals surface area contributed by atoms with Crippen molar-refractivity contribution in [1.82, 2.24) is 0 Å². The van der Waals surface area contributed by atoms with Crippen LogP contribution in [0.3, 0.4) is 0 Å². The maximum atomic E-state index is 12.3. The monoisotopic (exact) mass is 291 g/mol. The molecule has 0 unspecified atom stereocenters. The van der Waals surface area contributed by atoms with Crippen molar-refractivity contribution in [1.29, 1.82) is 5.26 Å². The van der Waals surface area contributed by atoms with Gasteiger partial charge in [-0.1, -0.05) is 12.1 Å². The second-order valence-corrected chi connectivity index (χ2v) is 4.15. The Morgan fingerprint density at radius 2 is 1.86 bits per heavy atom. The van der Waals surface area contributed by atoms with Gasteiger partial charge in [0.05, 0.1) is 11.6 Å². The van der Waals surface area contributed by atoms with Gasteiger partial charge in [-0.2, -0.15) is 5.26 Å². The molecule has 0 heterocycles. The van der Waals surface area contributed by atoms with Crippen LogP contribution in [0.5, 0.6) is 5.75 Å². The molecule has 106 valence electrons. The van der Waals surface area contributed by atoms with Gasteiger partial charge < -0.3 is 4.74 Å². The molecular formula is C15H8F3NO2. The minimum Gasteiger partial charge on any atom is -0.406 e. The van der Waals surface area contributed by atoms with Gasteiger partial charge in [0, 0.05) is 5.56 Å². The third-order valence-corrected chi connectivity index (χ3v) is 2.62. The number of carbonyl (C=O) groups is 1. The Morgan fingerprint density at radius 3 is 2.48 bits per heavy atom. The van der Waals surface area contributed by atoms with Crippen molar-refractivity contribution >= 4 is 6.29 Å². The van der Waals surface area contributed by atoms with Crippen molar-refractivity contribution in [2.75, 3.05) is 0 Å². The number of nitrogens with zero attached hydrogens (tertiary/aromatic N) is 1. The predicted molar refractivity (Wildman–Crippen MR) is 68.7 cm³/mol. The zero-order valence-corrected chi connectivity index (χ0v) is 10.5. The fourth-order valence-corrected chi connectivity index (χ4v) is 1.82. The lowest BCUT2D eigenvalue weighted by Gasteiger charge is -2.11. The van der Waals surface area contributed by atoms with Crippen molar-refractivity contribution in [3.8, 4) is 22.9 Å². The van der Waals surface area contributed by atoms with Gasteiger partial charge in [-0.25, -0.2) is 0 Å². The van der Waals surface area contributed by atoms with Gasteiger partial charge >= 0.3 is 6.36 Å². The summed E-state index contributed by atoms with van der Waals surface area (Å²) < 4.78 is 40.7. The molecule has 21 heavy (non-hydrogen) atoms. The number of nitriles is 1. The summed E-state index contributed by atoms with van der Waals surface area (Å²) in [6.07, 6.45) is -4.41. The number of ether oxygens (including phenoxy) is 1. The van der Waals surface area contributed by atoms with Gasteiger partial charge in [0.25, 0.3) is 0 Å². The van der Waals surface area contributed by atoms with E-state index in [4.69, 9.17) is 5.26 Å². The topological polar surface area (TPSA) is 50.1 Å². The molecule has 2 aromatic rings. The zero-order valence-electron chi connectivity index (χ0n) is 10.5. The van der Waals surface area contributed by atoms with Crippen LogP contribution in [0, 0.1) is 11.3 Å². The normalized spacial score (nSPS) is 10.8. The van der Waals surface area contributed by atoms with E-state index in [1.54, 1.807) is 18.2 Å². The maximum absolute atomic E-state index is 12.3. The molecule has 0 bridgehead atoms. The molecule has 0 aliphatic rings. The van der Waals surface area contributed by atoms with Crippen LogP contribution in [0.4, 0.5) is 13.2 Å². The molecule has 2 rings (SSSR count). The van der Waals surface area contributed by atoms with Crippen molar-refractivity contribution in [2.24, 2.45) is 0 Å². The first-order valence-corrected chi connectivity index (χ1v) is 5.78. The lowest BCUT2D eigenvalue weighted by molar-refractivity contribution is -0.274. The molecule has 0 aliphatic carbocycles. The Balaban J connectivity index is 2.50. The van der Waals surface area contributed by atoms with E-state index < -0.39 is 12.1 Å². The smallest absolute Gasteiger partial charge is 0.406 e. The number of carbonyl (C=O) groups excluding carboxylic acids is 1. The molecule has 0 spiro atoms. The largest absolute Gasteiger partial charge is 0.573 e. The quantitative estimate of drug-likeness (QED) is 0.805. The van der Waals surface area contributed by atoms with Gasteiger partial charge in [0.1, 0.15) is 12.0 Å². The Morgan fingerprint density at radius 1 is 1.10 bits per heavy atom. The third kappa shape index (κ3) is 3.83. The van der Waals surface area contributed by atoms with E-state index in [1.165, 1.54) is 12.1 Å². The molecule has 0 aliphatic heterocycles. The molecule has 3 nitrogen and oxygen atoms in total. The summed E-state index contributed by atoms with van der Waals surface area (Å²) in [6.45, 7) is 0. The lowest BCUT2D eigenvalue weighted by atomic mass is 10.0. The van der Waals surface area contributed by atoms with Gasteiger partial charge in [-0.3, -0.25) is 4.79 Å². The van der Waals surface area contributed by atoms with Crippen LogP contribution in [-0.2, 0) is 0 Å². The average Bonchev–Trinajstić information content (AvgIpc) is 2.45. The third-order valence-electron chi connectivity index (χ3n) is 2.62. The van der Waals surface area contributed by atoms with E-state index in [-0.39, 0.29) is 5.56 Å². The standard InChI is InChI=1S/C15H8F3NO2/c16-15(17,18)21-14-6-11(9-20)5-13(7-14)12-3-1-2-10(4-12)8-19/h1-7,9H. The molecule has 0 saturated heterocycles. The fourth-order valence-electron chi connectivity index (χ4n) is 1.82. The van der Waals surface area contributed by atoms with Crippen LogP contribution in [0.1, 0.15) is 15.9 Å². The first-order chi connectivity index (χ1) is 9.91. The highest BCUT2D eigenvalue weighted by molar-refractivity contribution is 5.80. The van der Waals surface area contributed by atoms with E-state index in [9.17, 15) is 18.0 Å². The van der Waals surface area contributed by atoms with Gasteiger partial charge in [-0.05, 0) is 41.5 Å². The highest BCUT2D eigenvalue weighted by Crippen LogP contribution is 2.29. The van der Waals surface area contributed by atoms with Crippen LogP contribution in [-0.4, -0.2) is 12.6 Å². The zero-order chi connectivity index (χ0) is 15.5. The van der Waals surface area contributed by atoms with Crippen molar-refractivity contribution in [3.63, 3.8) is 0 Å². The molecule has 0 atom stereocenters. The number of hydrogen-bond donors (Lipinski definition) is 0. The van der Waals surface area contributed by atoms with Crippen LogP contribution < -0.4 is 4.74 Å². The van der Waals surface area contributed by atoms with Crippen LogP contribution in [0.25, 0.3) is 11.1 Å². The summed E-state index contributed by atoms with van der Waals surface area (Å²) >= 11 is 0. The summed E-state index contributed by atoms with van der Waals surface area (Å²) in [4.78, 5) is 10.8.